The van der Waals surface area contributed by atoms with Crippen LogP contribution in [0.1, 0.15) is 18.4 Å². The van der Waals surface area contributed by atoms with Gasteiger partial charge in [-0.05, 0) is 24.3 Å². The number of benzene rings is 1. The number of aliphatic carboxylic acids is 1. The summed E-state index contributed by atoms with van der Waals surface area (Å²) in [5.74, 6) is -1.27. The normalized spacial score (nSPS) is 18.6. The molecule has 2 atom stereocenters. The number of carboxylic acid groups (broad SMARTS) is 1. The van der Waals surface area contributed by atoms with Crippen LogP contribution < -0.4 is 5.32 Å². The molecule has 0 saturated carbocycles. The van der Waals surface area contributed by atoms with E-state index in [0.29, 0.717) is 19.6 Å². The zero-order chi connectivity index (χ0) is 15.8. The Kier molecular flexibility index (Phi) is 6.21. The van der Waals surface area contributed by atoms with Crippen molar-refractivity contribution in [2.45, 2.75) is 19.4 Å². The molecule has 120 valence electrons. The monoisotopic (exact) mass is 307 g/mol. The fourth-order valence-corrected chi connectivity index (χ4v) is 2.42. The second-order valence-electron chi connectivity index (χ2n) is 5.44. The Morgan fingerprint density at radius 1 is 1.36 bits per heavy atom. The number of carbonyl (C=O) groups excluding carboxylic acids is 1. The van der Waals surface area contributed by atoms with Crippen LogP contribution in [0.2, 0.25) is 0 Å². The van der Waals surface area contributed by atoms with Crippen molar-refractivity contribution < 1.29 is 24.2 Å². The summed E-state index contributed by atoms with van der Waals surface area (Å²) in [4.78, 5) is 22.9. The third-order valence-electron chi connectivity index (χ3n) is 3.70. The van der Waals surface area contributed by atoms with E-state index < -0.39 is 18.0 Å². The molecule has 1 aliphatic heterocycles. The van der Waals surface area contributed by atoms with Gasteiger partial charge in [0.25, 0.3) is 0 Å². The molecule has 1 fully saturated rings. The van der Waals surface area contributed by atoms with E-state index in [1.807, 2.05) is 30.3 Å². The molecule has 6 heteroatoms. The van der Waals surface area contributed by atoms with E-state index in [4.69, 9.17) is 9.47 Å². The molecule has 0 radical (unpaired) electrons. The number of hydrogen-bond acceptors (Lipinski definition) is 4. The molecule has 2 rings (SSSR count). The highest BCUT2D eigenvalue weighted by atomic mass is 16.5. The fraction of sp³-hybridized carbons (Fsp3) is 0.500. The molecule has 0 aromatic heterocycles. The maximum absolute atomic E-state index is 11.6. The predicted molar refractivity (Wildman–Crippen MR) is 79.3 cm³/mol. The highest BCUT2D eigenvalue weighted by Crippen LogP contribution is 2.21. The lowest BCUT2D eigenvalue weighted by atomic mass is 9.94. The van der Waals surface area contributed by atoms with E-state index in [0.717, 1.165) is 12.0 Å². The van der Waals surface area contributed by atoms with Gasteiger partial charge in [0, 0.05) is 19.8 Å². The quantitative estimate of drug-likeness (QED) is 0.805. The topological polar surface area (TPSA) is 84.9 Å². The first kappa shape index (κ1) is 16.3. The van der Waals surface area contributed by atoms with Crippen molar-refractivity contribution in [3.05, 3.63) is 35.9 Å². The largest absolute Gasteiger partial charge is 0.481 e. The van der Waals surface area contributed by atoms with E-state index in [1.54, 1.807) is 0 Å². The molecule has 0 aliphatic carbocycles. The average Bonchev–Trinajstić information content (AvgIpc) is 3.03. The standard InChI is InChI=1S/C16H21NO5/c18-15(19)14(8-13-6-7-21-10-13)9-17-16(20)22-11-12-4-2-1-3-5-12/h1-5,13-14H,6-11H2,(H,17,20)(H,18,19). The second-order valence-corrected chi connectivity index (χ2v) is 5.44. The Balaban J connectivity index is 1.71. The molecule has 0 bridgehead atoms. The average molecular weight is 307 g/mol. The Labute approximate surface area is 129 Å². The molecule has 1 heterocycles. The van der Waals surface area contributed by atoms with E-state index in [-0.39, 0.29) is 19.1 Å². The number of hydrogen-bond donors (Lipinski definition) is 2. The van der Waals surface area contributed by atoms with Crippen molar-refractivity contribution in [2.24, 2.45) is 11.8 Å². The van der Waals surface area contributed by atoms with Gasteiger partial charge in [-0.15, -0.1) is 0 Å². The van der Waals surface area contributed by atoms with Gasteiger partial charge in [-0.1, -0.05) is 30.3 Å². The molecule has 22 heavy (non-hydrogen) atoms. The third kappa shape index (κ3) is 5.37. The molecule has 1 aromatic rings. The van der Waals surface area contributed by atoms with Crippen LogP contribution in [0.3, 0.4) is 0 Å². The highest BCUT2D eigenvalue weighted by molar-refractivity contribution is 5.72. The van der Waals surface area contributed by atoms with Gasteiger partial charge in [0.15, 0.2) is 0 Å². The van der Waals surface area contributed by atoms with Crippen molar-refractivity contribution in [3.63, 3.8) is 0 Å². The van der Waals surface area contributed by atoms with Crippen LogP contribution in [0.5, 0.6) is 0 Å². The summed E-state index contributed by atoms with van der Waals surface area (Å²) in [6.45, 7) is 1.52. The predicted octanol–water partition coefficient (Wildman–Crippen LogP) is 2.04. The molecule has 2 N–H and O–H groups in total. The zero-order valence-corrected chi connectivity index (χ0v) is 12.4. The maximum Gasteiger partial charge on any atom is 0.407 e. The molecular formula is C16H21NO5. The molecule has 1 aromatic carbocycles. The van der Waals surface area contributed by atoms with Crippen molar-refractivity contribution in [3.8, 4) is 0 Å². The smallest absolute Gasteiger partial charge is 0.407 e. The number of amides is 1. The van der Waals surface area contributed by atoms with Crippen molar-refractivity contribution in [1.82, 2.24) is 5.32 Å². The third-order valence-corrected chi connectivity index (χ3v) is 3.70. The zero-order valence-electron chi connectivity index (χ0n) is 12.4. The first-order chi connectivity index (χ1) is 10.6. The Morgan fingerprint density at radius 2 is 2.14 bits per heavy atom. The van der Waals surface area contributed by atoms with Gasteiger partial charge in [-0.25, -0.2) is 4.79 Å². The van der Waals surface area contributed by atoms with Gasteiger partial charge in [-0.3, -0.25) is 4.79 Å². The van der Waals surface area contributed by atoms with Gasteiger partial charge in [0.05, 0.1) is 5.92 Å². The van der Waals surface area contributed by atoms with Crippen LogP contribution in [0, 0.1) is 11.8 Å². The summed E-state index contributed by atoms with van der Waals surface area (Å²) in [6, 6.07) is 9.32. The number of carboxylic acids is 1. The van der Waals surface area contributed by atoms with Crippen molar-refractivity contribution in [1.29, 1.82) is 0 Å². The molecule has 2 unspecified atom stereocenters. The van der Waals surface area contributed by atoms with Crippen LogP contribution in [0.25, 0.3) is 0 Å². The van der Waals surface area contributed by atoms with Gasteiger partial charge >= 0.3 is 12.1 Å². The SMILES string of the molecule is O=C(NCC(CC1CCOC1)C(=O)O)OCc1ccccc1. The molecule has 1 saturated heterocycles. The molecule has 1 aliphatic rings. The van der Waals surface area contributed by atoms with Crippen LogP contribution in [-0.4, -0.2) is 36.9 Å². The summed E-state index contributed by atoms with van der Waals surface area (Å²) in [5, 5.41) is 11.7. The first-order valence-electron chi connectivity index (χ1n) is 7.40. The number of alkyl carbamates (subject to hydrolysis) is 1. The Morgan fingerprint density at radius 3 is 2.77 bits per heavy atom. The molecule has 1 amide bonds. The first-order valence-corrected chi connectivity index (χ1v) is 7.40. The van der Waals surface area contributed by atoms with Crippen LogP contribution >= 0.6 is 0 Å². The minimum absolute atomic E-state index is 0.0689. The van der Waals surface area contributed by atoms with E-state index in [1.165, 1.54) is 0 Å². The van der Waals surface area contributed by atoms with Crippen LogP contribution in [0.15, 0.2) is 30.3 Å². The van der Waals surface area contributed by atoms with Gasteiger partial charge < -0.3 is 19.9 Å². The maximum atomic E-state index is 11.6. The van der Waals surface area contributed by atoms with E-state index >= 15 is 0 Å². The summed E-state index contributed by atoms with van der Waals surface area (Å²) >= 11 is 0. The van der Waals surface area contributed by atoms with Crippen molar-refractivity contribution in [2.75, 3.05) is 19.8 Å². The second kappa shape index (κ2) is 8.38. The minimum atomic E-state index is -0.907. The highest BCUT2D eigenvalue weighted by Gasteiger charge is 2.25. The number of carbonyl (C=O) groups is 2. The minimum Gasteiger partial charge on any atom is -0.481 e. The number of nitrogens with one attached hydrogen (secondary N) is 1. The van der Waals surface area contributed by atoms with Gasteiger partial charge in [0.2, 0.25) is 0 Å². The lowest BCUT2D eigenvalue weighted by Crippen LogP contribution is -2.34. The van der Waals surface area contributed by atoms with Crippen molar-refractivity contribution >= 4 is 12.1 Å². The number of ether oxygens (including phenoxy) is 2. The van der Waals surface area contributed by atoms with E-state index in [2.05, 4.69) is 5.32 Å². The lowest BCUT2D eigenvalue weighted by Gasteiger charge is -2.16. The molecule has 0 spiro atoms. The van der Waals surface area contributed by atoms with Crippen LogP contribution in [-0.2, 0) is 20.9 Å². The Bertz CT molecular complexity index is 485. The van der Waals surface area contributed by atoms with Gasteiger partial charge in [-0.2, -0.15) is 0 Å². The fourth-order valence-electron chi connectivity index (χ4n) is 2.42. The summed E-state index contributed by atoms with van der Waals surface area (Å²) < 4.78 is 10.3. The summed E-state index contributed by atoms with van der Waals surface area (Å²) in [5.41, 5.74) is 0.885. The molecule has 6 nitrogen and oxygen atoms in total. The summed E-state index contributed by atoms with van der Waals surface area (Å²) in [7, 11) is 0. The van der Waals surface area contributed by atoms with E-state index in [9.17, 15) is 14.7 Å². The molecular weight excluding hydrogens is 286 g/mol. The lowest BCUT2D eigenvalue weighted by molar-refractivity contribution is -0.142. The van der Waals surface area contributed by atoms with Gasteiger partial charge in [0.1, 0.15) is 6.61 Å². The summed E-state index contributed by atoms with van der Waals surface area (Å²) in [6.07, 6.45) is 0.786. The Hall–Kier alpha value is -2.08. The van der Waals surface area contributed by atoms with Crippen LogP contribution in [0.4, 0.5) is 4.79 Å². The number of rotatable bonds is 7.